The lowest BCUT2D eigenvalue weighted by Gasteiger charge is -2.11. The molecule has 5 nitrogen and oxygen atoms in total. The molecule has 0 aliphatic carbocycles. The minimum absolute atomic E-state index is 0.524. The summed E-state index contributed by atoms with van der Waals surface area (Å²) in [7, 11) is -3.31. The first-order valence-corrected chi connectivity index (χ1v) is 8.61. The second kappa shape index (κ2) is 5.38. The standard InChI is InChI=1S/C16H15N3O2S/c1-11-5-6-13(19-22(2,20)21)8-14(11)15-10-17-9-12-4-3-7-18-16(12)15/h3-10,19H,1-2H3. The maximum Gasteiger partial charge on any atom is 0.229 e. The fourth-order valence-corrected chi connectivity index (χ4v) is 2.94. The molecule has 2 aromatic heterocycles. The molecule has 0 saturated heterocycles. The van der Waals surface area contributed by atoms with E-state index >= 15 is 0 Å². The van der Waals surface area contributed by atoms with E-state index in [-0.39, 0.29) is 0 Å². The number of aryl methyl sites for hydroxylation is 1. The molecule has 0 amide bonds. The van der Waals surface area contributed by atoms with E-state index in [1.54, 1.807) is 24.7 Å². The summed E-state index contributed by atoms with van der Waals surface area (Å²) >= 11 is 0. The highest BCUT2D eigenvalue weighted by atomic mass is 32.2. The third kappa shape index (κ3) is 2.92. The second-order valence-electron chi connectivity index (χ2n) is 5.17. The van der Waals surface area contributed by atoms with Gasteiger partial charge in [0.1, 0.15) is 0 Å². The smallest absolute Gasteiger partial charge is 0.229 e. The minimum Gasteiger partial charge on any atom is -0.284 e. The summed E-state index contributed by atoms with van der Waals surface area (Å²) in [6.45, 7) is 1.97. The molecule has 2 heterocycles. The third-order valence-corrected chi connectivity index (χ3v) is 3.95. The molecule has 112 valence electrons. The SMILES string of the molecule is Cc1ccc(NS(C)(=O)=O)cc1-c1cncc2cccnc12. The van der Waals surface area contributed by atoms with Crippen molar-refractivity contribution >= 4 is 26.6 Å². The number of fused-ring (bicyclic) bond motifs is 1. The Hall–Kier alpha value is -2.47. The van der Waals surface area contributed by atoms with Gasteiger partial charge in [-0.1, -0.05) is 6.07 Å². The Kier molecular flexibility index (Phi) is 3.54. The van der Waals surface area contributed by atoms with E-state index in [0.717, 1.165) is 33.8 Å². The van der Waals surface area contributed by atoms with Crippen molar-refractivity contribution in [3.05, 3.63) is 54.5 Å². The minimum atomic E-state index is -3.31. The average Bonchev–Trinajstić information content (AvgIpc) is 2.47. The number of nitrogens with zero attached hydrogens (tertiary/aromatic N) is 2. The van der Waals surface area contributed by atoms with Gasteiger partial charge in [-0.15, -0.1) is 0 Å². The quantitative estimate of drug-likeness (QED) is 0.807. The van der Waals surface area contributed by atoms with Crippen molar-refractivity contribution in [3.8, 4) is 11.1 Å². The highest BCUT2D eigenvalue weighted by Gasteiger charge is 2.10. The number of sulfonamides is 1. The summed E-state index contributed by atoms with van der Waals surface area (Å²) in [6, 6.07) is 9.24. The van der Waals surface area contributed by atoms with Gasteiger partial charge in [0.2, 0.25) is 10.0 Å². The highest BCUT2D eigenvalue weighted by molar-refractivity contribution is 7.92. The van der Waals surface area contributed by atoms with E-state index in [9.17, 15) is 8.42 Å². The average molecular weight is 313 g/mol. The summed E-state index contributed by atoms with van der Waals surface area (Å²) in [4.78, 5) is 8.68. The Morgan fingerprint density at radius 3 is 2.68 bits per heavy atom. The number of nitrogens with one attached hydrogen (secondary N) is 1. The normalized spacial score (nSPS) is 11.5. The van der Waals surface area contributed by atoms with Crippen LogP contribution in [0.25, 0.3) is 22.0 Å². The van der Waals surface area contributed by atoms with Crippen LogP contribution < -0.4 is 4.72 Å². The maximum absolute atomic E-state index is 11.4. The summed E-state index contributed by atoms with van der Waals surface area (Å²) in [5, 5.41) is 0.945. The van der Waals surface area contributed by atoms with Gasteiger partial charge in [0, 0.05) is 35.2 Å². The van der Waals surface area contributed by atoms with Crippen molar-refractivity contribution in [3.63, 3.8) is 0 Å². The molecule has 0 aliphatic rings. The van der Waals surface area contributed by atoms with Crippen LogP contribution >= 0.6 is 0 Å². The molecule has 6 heteroatoms. The van der Waals surface area contributed by atoms with Gasteiger partial charge in [-0.3, -0.25) is 14.7 Å². The van der Waals surface area contributed by atoms with Crippen molar-refractivity contribution in [2.75, 3.05) is 11.0 Å². The van der Waals surface area contributed by atoms with Gasteiger partial charge in [-0.2, -0.15) is 0 Å². The molecule has 1 N–H and O–H groups in total. The molecular weight excluding hydrogens is 298 g/mol. The van der Waals surface area contributed by atoms with Crippen LogP contribution in [0.2, 0.25) is 0 Å². The van der Waals surface area contributed by atoms with Gasteiger partial charge in [0.15, 0.2) is 0 Å². The van der Waals surface area contributed by atoms with E-state index in [2.05, 4.69) is 14.7 Å². The molecule has 3 rings (SSSR count). The summed E-state index contributed by atoms with van der Waals surface area (Å²) in [5.74, 6) is 0. The number of hydrogen-bond donors (Lipinski definition) is 1. The zero-order chi connectivity index (χ0) is 15.7. The van der Waals surface area contributed by atoms with E-state index in [1.807, 2.05) is 31.2 Å². The van der Waals surface area contributed by atoms with Crippen LogP contribution in [0.5, 0.6) is 0 Å². The van der Waals surface area contributed by atoms with Crippen LogP contribution in [0.3, 0.4) is 0 Å². The van der Waals surface area contributed by atoms with Crippen molar-refractivity contribution in [1.82, 2.24) is 9.97 Å². The van der Waals surface area contributed by atoms with E-state index in [0.29, 0.717) is 5.69 Å². The van der Waals surface area contributed by atoms with Gasteiger partial charge in [-0.25, -0.2) is 8.42 Å². The number of anilines is 1. The molecule has 1 aromatic carbocycles. The van der Waals surface area contributed by atoms with Gasteiger partial charge < -0.3 is 0 Å². The Morgan fingerprint density at radius 2 is 1.91 bits per heavy atom. The van der Waals surface area contributed by atoms with Crippen LogP contribution in [0.15, 0.2) is 48.9 Å². The Balaban J connectivity index is 2.20. The van der Waals surface area contributed by atoms with Gasteiger partial charge in [-0.05, 0) is 42.3 Å². The van der Waals surface area contributed by atoms with Gasteiger partial charge >= 0.3 is 0 Å². The van der Waals surface area contributed by atoms with E-state index < -0.39 is 10.0 Å². The lowest BCUT2D eigenvalue weighted by molar-refractivity contribution is 0.607. The highest BCUT2D eigenvalue weighted by Crippen LogP contribution is 2.30. The number of hydrogen-bond acceptors (Lipinski definition) is 4. The number of benzene rings is 1. The second-order valence-corrected chi connectivity index (χ2v) is 6.91. The third-order valence-electron chi connectivity index (χ3n) is 3.34. The molecule has 0 radical (unpaired) electrons. The topological polar surface area (TPSA) is 72.0 Å². The lowest BCUT2D eigenvalue weighted by atomic mass is 9.99. The summed E-state index contributed by atoms with van der Waals surface area (Å²) in [6.07, 6.45) is 6.38. The predicted molar refractivity (Wildman–Crippen MR) is 88.2 cm³/mol. The Morgan fingerprint density at radius 1 is 1.09 bits per heavy atom. The van der Waals surface area contributed by atoms with Crippen LogP contribution in [-0.2, 0) is 10.0 Å². The molecule has 22 heavy (non-hydrogen) atoms. The summed E-state index contributed by atoms with van der Waals surface area (Å²) < 4.78 is 25.3. The molecular formula is C16H15N3O2S. The fraction of sp³-hybridized carbons (Fsp3) is 0.125. The fourth-order valence-electron chi connectivity index (χ4n) is 2.39. The maximum atomic E-state index is 11.4. The molecule has 3 aromatic rings. The first-order chi connectivity index (χ1) is 10.4. The number of aromatic nitrogens is 2. The van der Waals surface area contributed by atoms with Crippen LogP contribution in [-0.4, -0.2) is 24.6 Å². The molecule has 0 saturated carbocycles. The van der Waals surface area contributed by atoms with E-state index in [4.69, 9.17) is 0 Å². The monoisotopic (exact) mass is 313 g/mol. The van der Waals surface area contributed by atoms with E-state index in [1.165, 1.54) is 0 Å². The van der Waals surface area contributed by atoms with Crippen LogP contribution in [0.4, 0.5) is 5.69 Å². The Labute approximate surface area is 129 Å². The van der Waals surface area contributed by atoms with Crippen LogP contribution in [0, 0.1) is 6.92 Å². The first-order valence-electron chi connectivity index (χ1n) is 6.71. The molecule has 0 aliphatic heterocycles. The lowest BCUT2D eigenvalue weighted by Crippen LogP contribution is -2.09. The summed E-state index contributed by atoms with van der Waals surface area (Å²) in [5.41, 5.74) is 4.19. The van der Waals surface area contributed by atoms with Crippen molar-refractivity contribution in [2.24, 2.45) is 0 Å². The van der Waals surface area contributed by atoms with Crippen molar-refractivity contribution < 1.29 is 8.42 Å². The molecule has 0 atom stereocenters. The predicted octanol–water partition coefficient (Wildman–Crippen LogP) is 2.98. The Bertz CT molecular complexity index is 947. The zero-order valence-electron chi connectivity index (χ0n) is 12.2. The van der Waals surface area contributed by atoms with Gasteiger partial charge in [0.05, 0.1) is 11.8 Å². The first kappa shape index (κ1) is 14.5. The molecule has 0 bridgehead atoms. The zero-order valence-corrected chi connectivity index (χ0v) is 13.1. The molecule has 0 unspecified atom stereocenters. The number of rotatable bonds is 3. The molecule has 0 spiro atoms. The number of pyridine rings is 2. The van der Waals surface area contributed by atoms with Gasteiger partial charge in [0.25, 0.3) is 0 Å². The van der Waals surface area contributed by atoms with Crippen molar-refractivity contribution in [1.29, 1.82) is 0 Å². The van der Waals surface area contributed by atoms with Crippen LogP contribution in [0.1, 0.15) is 5.56 Å². The largest absolute Gasteiger partial charge is 0.284 e. The molecule has 0 fully saturated rings. The van der Waals surface area contributed by atoms with Crippen molar-refractivity contribution in [2.45, 2.75) is 6.92 Å².